The number of halogens is 1. The van der Waals surface area contributed by atoms with Crippen LogP contribution in [0.4, 0.5) is 4.39 Å². The lowest BCUT2D eigenvalue weighted by atomic mass is 10.0. The Morgan fingerprint density at radius 1 is 1.18 bits per heavy atom. The van der Waals surface area contributed by atoms with Crippen LogP contribution in [0.1, 0.15) is 63.7 Å². The van der Waals surface area contributed by atoms with Crippen LogP contribution >= 0.6 is 11.3 Å². The van der Waals surface area contributed by atoms with Crippen molar-refractivity contribution in [2.75, 3.05) is 0 Å². The van der Waals surface area contributed by atoms with Gasteiger partial charge < -0.3 is 14.3 Å². The highest BCUT2D eigenvalue weighted by atomic mass is 32.1. The zero-order valence-corrected chi connectivity index (χ0v) is 23.9. The van der Waals surface area contributed by atoms with E-state index in [4.69, 9.17) is 9.15 Å². The molecule has 0 aliphatic heterocycles. The third-order valence-electron chi connectivity index (χ3n) is 8.41. The van der Waals surface area contributed by atoms with Gasteiger partial charge in [-0.05, 0) is 76.8 Å². The standard InChI is InChI=1S/C30H34FN3O5S/c1-16-24-27(36)34(30(2,3)4)29(37)33(28(24)40-25(16)26-32-9-10-38-26)15-23(21-7-5-6-8-22(21)31)39-20-13-17-11-19(35)12-18(17)14-20/h5-10,17-20,23,35H,11-15H2,1-4H3. The van der Waals surface area contributed by atoms with Crippen LogP contribution in [0.3, 0.4) is 0 Å². The molecule has 3 aromatic heterocycles. The molecule has 6 rings (SSSR count). The molecule has 40 heavy (non-hydrogen) atoms. The van der Waals surface area contributed by atoms with E-state index in [1.165, 1.54) is 34.4 Å². The lowest BCUT2D eigenvalue weighted by Gasteiger charge is -2.27. The van der Waals surface area contributed by atoms with Crippen LogP contribution in [-0.4, -0.2) is 31.4 Å². The van der Waals surface area contributed by atoms with E-state index in [-0.39, 0.29) is 24.3 Å². The number of aromatic nitrogens is 3. The number of fused-ring (bicyclic) bond motifs is 2. The predicted octanol–water partition coefficient (Wildman–Crippen LogP) is 5.39. The molecule has 212 valence electrons. The van der Waals surface area contributed by atoms with Gasteiger partial charge in [-0.3, -0.25) is 13.9 Å². The lowest BCUT2D eigenvalue weighted by molar-refractivity contribution is -0.0261. The summed E-state index contributed by atoms with van der Waals surface area (Å²) in [7, 11) is 0. The van der Waals surface area contributed by atoms with E-state index in [2.05, 4.69) is 4.98 Å². The van der Waals surface area contributed by atoms with Gasteiger partial charge in [-0.25, -0.2) is 14.2 Å². The quantitative estimate of drug-likeness (QED) is 0.335. The summed E-state index contributed by atoms with van der Waals surface area (Å²) in [4.78, 5) is 33.3. The Balaban J connectivity index is 1.49. The average molecular weight is 568 g/mol. The van der Waals surface area contributed by atoms with Crippen molar-refractivity contribution in [3.05, 3.63) is 74.5 Å². The number of ether oxygens (including phenoxy) is 1. The van der Waals surface area contributed by atoms with Crippen molar-refractivity contribution in [1.82, 2.24) is 14.1 Å². The first kappa shape index (κ1) is 27.1. The Labute approximate surface area is 235 Å². The van der Waals surface area contributed by atoms with Gasteiger partial charge in [0, 0.05) is 11.1 Å². The molecule has 2 aliphatic rings. The Morgan fingerprint density at radius 3 is 2.50 bits per heavy atom. The molecule has 8 nitrogen and oxygen atoms in total. The van der Waals surface area contributed by atoms with Crippen molar-refractivity contribution < 1.29 is 18.7 Å². The van der Waals surface area contributed by atoms with Crippen LogP contribution in [0, 0.1) is 24.6 Å². The van der Waals surface area contributed by atoms with E-state index >= 15 is 4.39 Å². The number of aryl methyl sites for hydroxylation is 1. The van der Waals surface area contributed by atoms with E-state index in [0.29, 0.717) is 43.9 Å². The number of hydrogen-bond acceptors (Lipinski definition) is 7. The lowest BCUT2D eigenvalue weighted by Crippen LogP contribution is -2.48. The fourth-order valence-electron chi connectivity index (χ4n) is 6.63. The molecule has 0 saturated heterocycles. The zero-order chi connectivity index (χ0) is 28.3. The first-order valence-electron chi connectivity index (χ1n) is 13.8. The van der Waals surface area contributed by atoms with Gasteiger partial charge in [0.05, 0.1) is 35.2 Å². The monoisotopic (exact) mass is 567 g/mol. The molecule has 0 spiro atoms. The maximum atomic E-state index is 15.2. The molecule has 0 amide bonds. The second-order valence-corrected chi connectivity index (χ2v) is 13.2. The minimum absolute atomic E-state index is 0.0338. The van der Waals surface area contributed by atoms with Crippen molar-refractivity contribution >= 4 is 21.6 Å². The molecule has 3 atom stereocenters. The highest BCUT2D eigenvalue weighted by molar-refractivity contribution is 7.22. The third kappa shape index (κ3) is 4.65. The van der Waals surface area contributed by atoms with Gasteiger partial charge in [0.25, 0.3) is 5.56 Å². The van der Waals surface area contributed by atoms with E-state index in [1.54, 1.807) is 22.8 Å². The molecule has 0 bridgehead atoms. The zero-order valence-electron chi connectivity index (χ0n) is 23.1. The van der Waals surface area contributed by atoms with Crippen LogP contribution in [0.5, 0.6) is 0 Å². The van der Waals surface area contributed by atoms with Crippen LogP contribution < -0.4 is 11.2 Å². The number of aliphatic hydroxyl groups is 1. The largest absolute Gasteiger partial charge is 0.444 e. The second-order valence-electron chi connectivity index (χ2n) is 12.2. The minimum atomic E-state index is -0.792. The number of oxazole rings is 1. The van der Waals surface area contributed by atoms with Crippen molar-refractivity contribution in [3.63, 3.8) is 0 Å². The molecule has 10 heteroatoms. The molecular formula is C30H34FN3O5S. The first-order chi connectivity index (χ1) is 19.0. The molecule has 3 heterocycles. The molecular weight excluding hydrogens is 533 g/mol. The fraction of sp³-hybridized carbons (Fsp3) is 0.500. The van der Waals surface area contributed by atoms with Crippen molar-refractivity contribution in [3.8, 4) is 10.8 Å². The molecule has 1 N–H and O–H groups in total. The van der Waals surface area contributed by atoms with E-state index < -0.39 is 23.1 Å². The second kappa shape index (κ2) is 10.1. The van der Waals surface area contributed by atoms with Crippen LogP contribution in [0.2, 0.25) is 0 Å². The molecule has 3 unspecified atom stereocenters. The average Bonchev–Trinajstić information content (AvgIpc) is 3.65. The van der Waals surface area contributed by atoms with Gasteiger partial charge in [0.2, 0.25) is 5.89 Å². The summed E-state index contributed by atoms with van der Waals surface area (Å²) in [6.07, 6.45) is 5.01. The van der Waals surface area contributed by atoms with Gasteiger partial charge >= 0.3 is 5.69 Å². The summed E-state index contributed by atoms with van der Waals surface area (Å²) >= 11 is 1.27. The van der Waals surface area contributed by atoms with Crippen molar-refractivity contribution in [1.29, 1.82) is 0 Å². The topological polar surface area (TPSA) is 99.5 Å². The van der Waals surface area contributed by atoms with Crippen molar-refractivity contribution in [2.45, 2.75) is 83.8 Å². The van der Waals surface area contributed by atoms with E-state index in [9.17, 15) is 14.7 Å². The van der Waals surface area contributed by atoms with E-state index in [1.807, 2.05) is 27.7 Å². The number of aliphatic hydroxyl groups excluding tert-OH is 1. The number of thiophene rings is 1. The molecule has 0 radical (unpaired) electrons. The summed E-state index contributed by atoms with van der Waals surface area (Å²) in [6.45, 7) is 7.32. The maximum absolute atomic E-state index is 15.2. The first-order valence-corrected chi connectivity index (χ1v) is 14.6. The maximum Gasteiger partial charge on any atom is 0.332 e. The number of rotatable bonds is 6. The molecule has 1 aromatic carbocycles. The summed E-state index contributed by atoms with van der Waals surface area (Å²) in [6, 6.07) is 6.49. The van der Waals surface area contributed by atoms with E-state index in [0.717, 1.165) is 25.7 Å². The molecule has 4 aromatic rings. The molecule has 2 saturated carbocycles. The summed E-state index contributed by atoms with van der Waals surface area (Å²) in [5.74, 6) is 0.752. The van der Waals surface area contributed by atoms with Gasteiger partial charge in [0.1, 0.15) is 23.0 Å². The van der Waals surface area contributed by atoms with Gasteiger partial charge in [-0.1, -0.05) is 18.2 Å². The normalized spacial score (nSPS) is 23.6. The fourth-order valence-corrected chi connectivity index (χ4v) is 7.87. The Morgan fingerprint density at radius 2 is 1.88 bits per heavy atom. The van der Waals surface area contributed by atoms with Crippen LogP contribution in [0.15, 0.2) is 50.7 Å². The highest BCUT2D eigenvalue weighted by Gasteiger charge is 2.42. The number of hydrogen-bond donors (Lipinski definition) is 1. The summed E-state index contributed by atoms with van der Waals surface area (Å²) in [5.41, 5.74) is -0.582. The number of benzene rings is 1. The summed E-state index contributed by atoms with van der Waals surface area (Å²) in [5, 5.41) is 10.5. The van der Waals surface area contributed by atoms with Gasteiger partial charge in [-0.15, -0.1) is 11.3 Å². The Bertz CT molecular complexity index is 1650. The molecule has 2 fully saturated rings. The highest BCUT2D eigenvalue weighted by Crippen LogP contribution is 2.46. The third-order valence-corrected chi connectivity index (χ3v) is 9.72. The van der Waals surface area contributed by atoms with Crippen LogP contribution in [0.25, 0.3) is 21.0 Å². The van der Waals surface area contributed by atoms with Gasteiger partial charge in [-0.2, -0.15) is 0 Å². The predicted molar refractivity (Wildman–Crippen MR) is 151 cm³/mol. The summed E-state index contributed by atoms with van der Waals surface area (Å²) < 4.78 is 30.2. The smallest absolute Gasteiger partial charge is 0.332 e. The minimum Gasteiger partial charge on any atom is -0.444 e. The van der Waals surface area contributed by atoms with Gasteiger partial charge in [0.15, 0.2) is 0 Å². The van der Waals surface area contributed by atoms with Crippen LogP contribution in [-0.2, 0) is 16.8 Å². The Kier molecular flexibility index (Phi) is 6.83. The van der Waals surface area contributed by atoms with Crippen molar-refractivity contribution in [2.24, 2.45) is 11.8 Å². The number of nitrogens with zero attached hydrogens (tertiary/aromatic N) is 3. The SMILES string of the molecule is Cc1c(-c2ncco2)sc2c1c(=O)n(C(C)(C)C)c(=O)n2CC(OC1CC2CC(O)CC2C1)c1ccccc1F. The molecule has 2 aliphatic carbocycles. The Hall–Kier alpha value is -3.08.